The van der Waals surface area contributed by atoms with Gasteiger partial charge in [-0.25, -0.2) is 0 Å². The molecule has 2 aromatic carbocycles. The molecule has 44 heavy (non-hydrogen) atoms. The molecule has 2 aliphatic heterocycles. The van der Waals surface area contributed by atoms with E-state index in [1.165, 1.54) is 58.5 Å². The van der Waals surface area contributed by atoms with Gasteiger partial charge in [0.15, 0.2) is 0 Å². The van der Waals surface area contributed by atoms with Crippen molar-refractivity contribution in [1.29, 1.82) is 0 Å². The highest BCUT2D eigenvalue weighted by molar-refractivity contribution is 5.77. The van der Waals surface area contributed by atoms with Crippen LogP contribution in [0.3, 0.4) is 0 Å². The zero-order valence-corrected chi connectivity index (χ0v) is 25.3. The van der Waals surface area contributed by atoms with Crippen LogP contribution in [0, 0.1) is 11.8 Å². The minimum absolute atomic E-state index is 0.304. The van der Waals surface area contributed by atoms with Crippen LogP contribution in [0.15, 0.2) is 157 Å². The van der Waals surface area contributed by atoms with E-state index in [0.717, 1.165) is 12.8 Å². The van der Waals surface area contributed by atoms with Crippen LogP contribution in [0.5, 0.6) is 0 Å². The molecule has 9 rings (SSSR count). The maximum absolute atomic E-state index is 2.79. The van der Waals surface area contributed by atoms with Gasteiger partial charge >= 0.3 is 0 Å². The van der Waals surface area contributed by atoms with Gasteiger partial charge in [0.25, 0.3) is 0 Å². The molecule has 7 unspecified atom stereocenters. The minimum Gasteiger partial charge on any atom is -0.361 e. The fraction of sp³-hybridized carbons (Fsp3) is 0.286. The Bertz CT molecular complexity index is 1740. The van der Waals surface area contributed by atoms with Crippen molar-refractivity contribution in [2.24, 2.45) is 11.8 Å². The summed E-state index contributed by atoms with van der Waals surface area (Å²) in [5, 5.41) is 0. The summed E-state index contributed by atoms with van der Waals surface area (Å²) < 4.78 is 0. The zero-order valence-electron chi connectivity index (χ0n) is 25.3. The molecule has 218 valence electrons. The first-order valence-electron chi connectivity index (χ1n) is 16.8. The lowest BCUT2D eigenvalue weighted by Crippen LogP contribution is -2.41. The van der Waals surface area contributed by atoms with Crippen LogP contribution in [0.1, 0.15) is 49.1 Å². The van der Waals surface area contributed by atoms with Crippen molar-refractivity contribution in [2.75, 3.05) is 4.90 Å². The lowest BCUT2D eigenvalue weighted by Gasteiger charge is -2.37. The van der Waals surface area contributed by atoms with Gasteiger partial charge in [0.2, 0.25) is 0 Å². The lowest BCUT2D eigenvalue weighted by molar-refractivity contribution is 0.256. The molecule has 0 spiro atoms. The van der Waals surface area contributed by atoms with Gasteiger partial charge < -0.3 is 9.80 Å². The molecule has 1 saturated heterocycles. The van der Waals surface area contributed by atoms with E-state index >= 15 is 0 Å². The van der Waals surface area contributed by atoms with Crippen LogP contribution >= 0.6 is 0 Å². The van der Waals surface area contributed by atoms with Gasteiger partial charge in [0.1, 0.15) is 0 Å². The third-order valence-electron chi connectivity index (χ3n) is 11.0. The van der Waals surface area contributed by atoms with E-state index in [9.17, 15) is 0 Å². The van der Waals surface area contributed by atoms with Gasteiger partial charge in [-0.3, -0.25) is 0 Å². The summed E-state index contributed by atoms with van der Waals surface area (Å²) >= 11 is 0. The van der Waals surface area contributed by atoms with E-state index in [-0.39, 0.29) is 0 Å². The first-order chi connectivity index (χ1) is 21.8. The molecule has 2 aromatic rings. The molecule has 2 heteroatoms. The van der Waals surface area contributed by atoms with Crippen LogP contribution in [0.25, 0.3) is 5.57 Å². The van der Waals surface area contributed by atoms with E-state index in [1.807, 2.05) is 0 Å². The van der Waals surface area contributed by atoms with E-state index in [2.05, 4.69) is 149 Å². The van der Waals surface area contributed by atoms with Crippen molar-refractivity contribution >= 4 is 11.3 Å². The molecule has 0 aromatic heterocycles. The van der Waals surface area contributed by atoms with Gasteiger partial charge in [0.05, 0.1) is 18.1 Å². The van der Waals surface area contributed by atoms with Crippen molar-refractivity contribution in [1.82, 2.24) is 4.90 Å². The summed E-state index contributed by atoms with van der Waals surface area (Å²) in [4.78, 5) is 5.50. The normalized spacial score (nSPS) is 32.8. The maximum Gasteiger partial charge on any atom is 0.0592 e. The summed E-state index contributed by atoms with van der Waals surface area (Å²) in [6.07, 6.45) is 40.3. The Morgan fingerprint density at radius 2 is 1.43 bits per heavy atom. The third kappa shape index (κ3) is 4.22. The maximum atomic E-state index is 2.79. The summed E-state index contributed by atoms with van der Waals surface area (Å²) in [7, 11) is 0. The van der Waals surface area contributed by atoms with Crippen molar-refractivity contribution < 1.29 is 0 Å². The number of likely N-dealkylation sites (tertiary alicyclic amines) is 1. The molecule has 5 aliphatic carbocycles. The Morgan fingerprint density at radius 3 is 2.32 bits per heavy atom. The summed E-state index contributed by atoms with van der Waals surface area (Å²) in [6.45, 7) is 0. The Kier molecular flexibility index (Phi) is 6.35. The molecular formula is C42H40N2. The first-order valence-corrected chi connectivity index (χ1v) is 16.8. The molecule has 2 heterocycles. The highest BCUT2D eigenvalue weighted by Crippen LogP contribution is 2.50. The number of benzene rings is 2. The van der Waals surface area contributed by atoms with Crippen LogP contribution in [-0.2, 0) is 0 Å². The van der Waals surface area contributed by atoms with Crippen molar-refractivity contribution in [3.63, 3.8) is 0 Å². The van der Waals surface area contributed by atoms with Crippen molar-refractivity contribution in [3.05, 3.63) is 168 Å². The lowest BCUT2D eigenvalue weighted by atomic mass is 9.78. The zero-order chi connectivity index (χ0) is 29.0. The van der Waals surface area contributed by atoms with Crippen molar-refractivity contribution in [3.8, 4) is 0 Å². The average molecular weight is 573 g/mol. The van der Waals surface area contributed by atoms with E-state index < -0.39 is 0 Å². The van der Waals surface area contributed by atoms with Gasteiger partial charge in [0, 0.05) is 35.2 Å². The molecule has 7 atom stereocenters. The second-order valence-corrected chi connectivity index (χ2v) is 13.4. The molecule has 2 nitrogen and oxygen atoms in total. The molecule has 0 N–H and O–H groups in total. The van der Waals surface area contributed by atoms with E-state index in [1.54, 1.807) is 0 Å². The molecule has 0 saturated carbocycles. The summed E-state index contributed by atoms with van der Waals surface area (Å²) in [5.74, 6) is 1.52. The van der Waals surface area contributed by atoms with Crippen LogP contribution in [-0.4, -0.2) is 29.1 Å². The Labute approximate surface area is 262 Å². The Morgan fingerprint density at radius 1 is 0.591 bits per heavy atom. The molecule has 0 amide bonds. The number of allylic oxidation sites excluding steroid dienone is 10. The Hall–Kier alpha value is -4.30. The van der Waals surface area contributed by atoms with E-state index in [4.69, 9.17) is 0 Å². The summed E-state index contributed by atoms with van der Waals surface area (Å²) in [5.41, 5.74) is 9.65. The number of fused-ring (bicyclic) bond motifs is 6. The highest BCUT2D eigenvalue weighted by Gasteiger charge is 2.48. The van der Waals surface area contributed by atoms with Gasteiger partial charge in [-0.15, -0.1) is 0 Å². The SMILES string of the molecule is C1=CC(N2C3C=C(C4=CC5C(C=C4)c4ccccc4N5C4C=C(c5ccccc5)C=CC4)C=CC3C3C=CCCC32)=CCC1. The van der Waals surface area contributed by atoms with Gasteiger partial charge in [-0.1, -0.05) is 128 Å². The van der Waals surface area contributed by atoms with Crippen molar-refractivity contribution in [2.45, 2.75) is 62.2 Å². The van der Waals surface area contributed by atoms with E-state index in [0.29, 0.717) is 41.9 Å². The molecular weight excluding hydrogens is 532 g/mol. The van der Waals surface area contributed by atoms with Crippen LogP contribution in [0.4, 0.5) is 5.69 Å². The molecule has 7 aliphatic rings. The van der Waals surface area contributed by atoms with Crippen LogP contribution in [0.2, 0.25) is 0 Å². The molecule has 0 bridgehead atoms. The molecule has 0 radical (unpaired) electrons. The monoisotopic (exact) mass is 572 g/mol. The second-order valence-electron chi connectivity index (χ2n) is 13.4. The number of hydrogen-bond acceptors (Lipinski definition) is 2. The smallest absolute Gasteiger partial charge is 0.0592 e. The standard InChI is InChI=1S/C42H40N2/c1-3-12-29(13-4-1)30-14-11-17-34(26-30)44-40-21-10-8-19-36(40)38-25-23-32(28-42(38)44)31-22-24-37-35-18-7-9-20-39(35)43(41(37)27-31)33-15-5-2-6-16-33/h1,3-5,7-8,10-16,18-19,21-28,34-35,37-39,41-42H,2,6,9,17,20H2. The highest BCUT2D eigenvalue weighted by atomic mass is 15.2. The predicted octanol–water partition coefficient (Wildman–Crippen LogP) is 9.23. The number of anilines is 1. The van der Waals surface area contributed by atoms with Gasteiger partial charge in [-0.05, 0) is 72.1 Å². The number of para-hydroxylation sites is 1. The predicted molar refractivity (Wildman–Crippen MR) is 183 cm³/mol. The number of hydrogen-bond donors (Lipinski definition) is 0. The Balaban J connectivity index is 1.08. The number of rotatable bonds is 4. The fourth-order valence-corrected chi connectivity index (χ4v) is 9.06. The minimum atomic E-state index is 0.304. The largest absolute Gasteiger partial charge is 0.361 e. The fourth-order valence-electron chi connectivity index (χ4n) is 9.06. The quantitative estimate of drug-likeness (QED) is 0.337. The molecule has 1 fully saturated rings. The first kappa shape index (κ1) is 26.1. The second kappa shape index (κ2) is 10.7. The summed E-state index contributed by atoms with van der Waals surface area (Å²) in [6, 6.07) is 21.6. The third-order valence-corrected chi connectivity index (χ3v) is 11.0. The topological polar surface area (TPSA) is 6.48 Å². The number of nitrogens with zero attached hydrogens (tertiary/aromatic N) is 2. The van der Waals surface area contributed by atoms with Gasteiger partial charge in [-0.2, -0.15) is 0 Å². The van der Waals surface area contributed by atoms with Crippen LogP contribution < -0.4 is 4.90 Å². The average Bonchev–Trinajstić information content (AvgIpc) is 3.61.